The minimum Gasteiger partial charge on any atom is -0.489 e. The first kappa shape index (κ1) is 19.6. The van der Waals surface area contributed by atoms with Gasteiger partial charge in [-0.2, -0.15) is 0 Å². The first-order valence-electron chi connectivity index (χ1n) is 8.55. The maximum absolute atomic E-state index is 6.24. The molecule has 0 fully saturated rings. The Morgan fingerprint density at radius 1 is 0.750 bits per heavy atom. The van der Waals surface area contributed by atoms with E-state index in [0.29, 0.717) is 23.3 Å². The van der Waals surface area contributed by atoms with Crippen molar-refractivity contribution in [1.82, 2.24) is 0 Å². The van der Waals surface area contributed by atoms with Gasteiger partial charge in [0.05, 0.1) is 0 Å². The van der Waals surface area contributed by atoms with E-state index in [9.17, 15) is 0 Å². The highest BCUT2D eigenvalue weighted by molar-refractivity contribution is 9.10. The Morgan fingerprint density at radius 2 is 1.36 bits per heavy atom. The highest BCUT2D eigenvalue weighted by Crippen LogP contribution is 2.35. The summed E-state index contributed by atoms with van der Waals surface area (Å²) in [7, 11) is 0. The fraction of sp³-hybridized carbons (Fsp3) is 0.0909. The first-order chi connectivity index (χ1) is 13.6. The molecule has 0 atom stereocenters. The van der Waals surface area contributed by atoms with Crippen LogP contribution in [-0.4, -0.2) is 0 Å². The molecule has 0 aliphatic heterocycles. The van der Waals surface area contributed by atoms with Gasteiger partial charge in [0.2, 0.25) is 0 Å². The fourth-order valence-corrected chi connectivity index (χ4v) is 4.48. The van der Waals surface area contributed by atoms with Crippen LogP contribution in [0.4, 0.5) is 0 Å². The third-order valence-electron chi connectivity index (χ3n) is 4.22. The van der Waals surface area contributed by atoms with Crippen LogP contribution in [0.25, 0.3) is 10.1 Å². The van der Waals surface area contributed by atoms with Crippen molar-refractivity contribution >= 4 is 60.6 Å². The molecule has 0 saturated carbocycles. The van der Waals surface area contributed by atoms with E-state index in [4.69, 9.17) is 32.7 Å². The van der Waals surface area contributed by atoms with Gasteiger partial charge in [-0.3, -0.25) is 0 Å². The van der Waals surface area contributed by atoms with Crippen molar-refractivity contribution in [2.24, 2.45) is 0 Å². The number of hydrogen-bond acceptors (Lipinski definition) is 3. The Labute approximate surface area is 185 Å². The van der Waals surface area contributed by atoms with Crippen molar-refractivity contribution < 1.29 is 9.47 Å². The molecular weight excluding hydrogens is 479 g/mol. The van der Waals surface area contributed by atoms with E-state index in [1.807, 2.05) is 66.7 Å². The summed E-state index contributed by atoms with van der Waals surface area (Å²) in [5.41, 5.74) is 1.10. The summed E-state index contributed by atoms with van der Waals surface area (Å²) >= 11 is 17.3. The number of halogens is 3. The predicted molar refractivity (Wildman–Crippen MR) is 121 cm³/mol. The molecular formula is C22H15BrCl2O2S. The third-order valence-corrected chi connectivity index (χ3v) is 6.42. The minimum absolute atomic E-state index is 0.446. The molecule has 0 bridgehead atoms. The molecule has 0 saturated heterocycles. The SMILES string of the molecule is Clc1ccc(OCc2sc3ccc(Cl)cc3c2COc2ccc(Br)cc2)cc1. The van der Waals surface area contributed by atoms with Gasteiger partial charge >= 0.3 is 0 Å². The van der Waals surface area contributed by atoms with Crippen molar-refractivity contribution in [1.29, 1.82) is 0 Å². The average molecular weight is 494 g/mol. The number of thiophene rings is 1. The van der Waals surface area contributed by atoms with E-state index in [1.54, 1.807) is 11.3 Å². The maximum atomic E-state index is 6.24. The summed E-state index contributed by atoms with van der Waals surface area (Å²) in [6.07, 6.45) is 0. The fourth-order valence-electron chi connectivity index (χ4n) is 2.81. The molecule has 0 radical (unpaired) electrons. The van der Waals surface area contributed by atoms with Crippen LogP contribution in [-0.2, 0) is 13.2 Å². The minimum atomic E-state index is 0.446. The molecule has 1 aromatic heterocycles. The lowest BCUT2D eigenvalue weighted by Crippen LogP contribution is -2.01. The summed E-state index contributed by atoms with van der Waals surface area (Å²) in [5, 5.41) is 2.50. The van der Waals surface area contributed by atoms with Crippen LogP contribution in [0, 0.1) is 0 Å². The summed E-state index contributed by atoms with van der Waals surface area (Å²) < 4.78 is 14.2. The van der Waals surface area contributed by atoms with Crippen LogP contribution < -0.4 is 9.47 Å². The van der Waals surface area contributed by atoms with Crippen LogP contribution >= 0.6 is 50.5 Å². The predicted octanol–water partition coefficient (Wildman–Crippen LogP) is 8.13. The number of benzene rings is 3. The molecule has 0 amide bonds. The van der Waals surface area contributed by atoms with Crippen molar-refractivity contribution in [3.05, 3.63) is 91.7 Å². The second kappa shape index (κ2) is 8.75. The maximum Gasteiger partial charge on any atom is 0.123 e. The molecule has 4 rings (SSSR count). The average Bonchev–Trinajstić information content (AvgIpc) is 3.04. The van der Waals surface area contributed by atoms with Crippen LogP contribution in [0.3, 0.4) is 0 Å². The monoisotopic (exact) mass is 492 g/mol. The van der Waals surface area contributed by atoms with Gasteiger partial charge in [0.15, 0.2) is 0 Å². The van der Waals surface area contributed by atoms with Crippen molar-refractivity contribution in [3.8, 4) is 11.5 Å². The molecule has 0 unspecified atom stereocenters. The first-order valence-corrected chi connectivity index (χ1v) is 10.9. The van der Waals surface area contributed by atoms with Crippen molar-refractivity contribution in [2.75, 3.05) is 0 Å². The zero-order chi connectivity index (χ0) is 19.5. The molecule has 0 aliphatic carbocycles. The van der Waals surface area contributed by atoms with Crippen LogP contribution in [0.2, 0.25) is 10.0 Å². The molecule has 4 aromatic rings. The Bertz CT molecular complexity index is 1090. The van der Waals surface area contributed by atoms with E-state index in [0.717, 1.165) is 36.5 Å². The Kier molecular flexibility index (Phi) is 6.12. The Balaban J connectivity index is 1.60. The molecule has 0 spiro atoms. The van der Waals surface area contributed by atoms with Gasteiger partial charge in [0.25, 0.3) is 0 Å². The highest BCUT2D eigenvalue weighted by atomic mass is 79.9. The molecule has 0 N–H and O–H groups in total. The molecule has 142 valence electrons. The second-order valence-corrected chi connectivity index (χ2v) is 9.05. The molecule has 1 heterocycles. The smallest absolute Gasteiger partial charge is 0.123 e. The quantitative estimate of drug-likeness (QED) is 0.270. The molecule has 2 nitrogen and oxygen atoms in total. The third kappa shape index (κ3) is 4.64. The molecule has 0 aliphatic rings. The van der Waals surface area contributed by atoms with E-state index in [2.05, 4.69) is 15.9 Å². The zero-order valence-corrected chi connectivity index (χ0v) is 18.5. The number of hydrogen-bond donors (Lipinski definition) is 0. The van der Waals surface area contributed by atoms with Gasteiger partial charge in [-0.05, 0) is 66.7 Å². The Hall–Kier alpha value is -1.72. The van der Waals surface area contributed by atoms with Crippen LogP contribution in [0.5, 0.6) is 11.5 Å². The second-order valence-electron chi connectivity index (χ2n) is 6.13. The number of rotatable bonds is 6. The van der Waals surface area contributed by atoms with Crippen molar-refractivity contribution in [2.45, 2.75) is 13.2 Å². The lowest BCUT2D eigenvalue weighted by Gasteiger charge is -2.10. The molecule has 6 heteroatoms. The van der Waals surface area contributed by atoms with Gasteiger partial charge < -0.3 is 9.47 Å². The van der Waals surface area contributed by atoms with Crippen LogP contribution in [0.15, 0.2) is 71.2 Å². The largest absolute Gasteiger partial charge is 0.489 e. The van der Waals surface area contributed by atoms with Crippen molar-refractivity contribution in [3.63, 3.8) is 0 Å². The lowest BCUT2D eigenvalue weighted by atomic mass is 10.1. The van der Waals surface area contributed by atoms with E-state index in [1.165, 1.54) is 0 Å². The Morgan fingerprint density at radius 3 is 2.07 bits per heavy atom. The standard InChI is InChI=1S/C22H15BrCl2O2S/c23-14-1-6-17(7-2-14)26-12-20-19-11-16(25)5-10-21(19)28-22(20)13-27-18-8-3-15(24)4-9-18/h1-11H,12-13H2. The highest BCUT2D eigenvalue weighted by Gasteiger charge is 2.14. The molecule has 3 aromatic carbocycles. The van der Waals surface area contributed by atoms with Gasteiger partial charge in [-0.15, -0.1) is 11.3 Å². The molecule has 28 heavy (non-hydrogen) atoms. The summed E-state index contributed by atoms with van der Waals surface area (Å²) in [6.45, 7) is 0.902. The van der Waals surface area contributed by atoms with E-state index >= 15 is 0 Å². The summed E-state index contributed by atoms with van der Waals surface area (Å²) in [6, 6.07) is 21.1. The number of ether oxygens (including phenoxy) is 2. The lowest BCUT2D eigenvalue weighted by molar-refractivity contribution is 0.290. The van der Waals surface area contributed by atoms with E-state index in [-0.39, 0.29) is 0 Å². The summed E-state index contributed by atoms with van der Waals surface area (Å²) in [4.78, 5) is 1.12. The van der Waals surface area contributed by atoms with Gasteiger partial charge in [0, 0.05) is 35.0 Å². The van der Waals surface area contributed by atoms with Gasteiger partial charge in [-0.1, -0.05) is 39.1 Å². The normalized spacial score (nSPS) is 11.0. The van der Waals surface area contributed by atoms with E-state index < -0.39 is 0 Å². The number of fused-ring (bicyclic) bond motifs is 1. The zero-order valence-electron chi connectivity index (χ0n) is 14.6. The van der Waals surface area contributed by atoms with Gasteiger partial charge in [-0.25, -0.2) is 0 Å². The van der Waals surface area contributed by atoms with Crippen LogP contribution in [0.1, 0.15) is 10.4 Å². The summed E-state index contributed by atoms with van der Waals surface area (Å²) in [5.74, 6) is 1.59. The van der Waals surface area contributed by atoms with Gasteiger partial charge in [0.1, 0.15) is 24.7 Å². The topological polar surface area (TPSA) is 18.5 Å².